The van der Waals surface area contributed by atoms with E-state index >= 15 is 0 Å². The quantitative estimate of drug-likeness (QED) is 0.651. The number of allylic oxidation sites excluding steroid dienone is 3. The Balaban J connectivity index is 4.50. The van der Waals surface area contributed by atoms with Crippen LogP contribution in [0.15, 0.2) is 36.5 Å². The van der Waals surface area contributed by atoms with Crippen molar-refractivity contribution in [1.29, 1.82) is 0 Å². The van der Waals surface area contributed by atoms with E-state index in [0.717, 1.165) is 5.57 Å². The summed E-state index contributed by atoms with van der Waals surface area (Å²) in [6, 6.07) is 0. The number of carboxylic acid groups (broad SMARTS) is 1. The van der Waals surface area contributed by atoms with E-state index in [-0.39, 0.29) is 0 Å². The molecule has 0 aromatic rings. The van der Waals surface area contributed by atoms with Crippen LogP contribution in [0.4, 0.5) is 0 Å². The molecule has 0 aromatic carbocycles. The highest BCUT2D eigenvalue weighted by Crippen LogP contribution is 2.17. The monoisotopic (exact) mass is 166 g/mol. The first-order chi connectivity index (χ1) is 5.50. The second-order valence-electron chi connectivity index (χ2n) is 2.67. The van der Waals surface area contributed by atoms with Gasteiger partial charge in [-0.05, 0) is 25.0 Å². The van der Waals surface area contributed by atoms with Gasteiger partial charge in [0.2, 0.25) is 0 Å². The van der Waals surface area contributed by atoms with Crippen molar-refractivity contribution < 1.29 is 9.90 Å². The van der Waals surface area contributed by atoms with E-state index in [1.54, 1.807) is 19.1 Å². The molecule has 0 rings (SSSR count). The van der Waals surface area contributed by atoms with Gasteiger partial charge in [-0.2, -0.15) is 0 Å². The molecular formula is C10H14O2. The van der Waals surface area contributed by atoms with Gasteiger partial charge in [-0.25, -0.2) is 0 Å². The molecule has 0 radical (unpaired) electrons. The minimum atomic E-state index is -0.850. The highest BCUT2D eigenvalue weighted by Gasteiger charge is 2.14. The lowest BCUT2D eigenvalue weighted by Gasteiger charge is -2.09. The maximum absolute atomic E-state index is 10.5. The van der Waals surface area contributed by atoms with Gasteiger partial charge in [-0.15, -0.1) is 0 Å². The molecule has 12 heavy (non-hydrogen) atoms. The Morgan fingerprint density at radius 3 is 2.42 bits per heavy atom. The Bertz CT molecular complexity index is 236. The molecule has 0 saturated carbocycles. The minimum absolute atomic E-state index is 0.527. The third kappa shape index (κ3) is 2.74. The first-order valence-corrected chi connectivity index (χ1v) is 3.72. The van der Waals surface area contributed by atoms with Gasteiger partial charge in [0.25, 0.3) is 0 Å². The number of carboxylic acids is 1. The number of carbonyl (C=O) groups is 1. The first kappa shape index (κ1) is 10.7. The molecule has 1 N–H and O–H groups in total. The zero-order valence-electron chi connectivity index (χ0n) is 7.50. The molecule has 0 fully saturated rings. The van der Waals surface area contributed by atoms with Gasteiger partial charge in [0.05, 0.1) is 5.92 Å². The van der Waals surface area contributed by atoms with Gasteiger partial charge in [-0.3, -0.25) is 4.79 Å². The maximum atomic E-state index is 10.5. The maximum Gasteiger partial charge on any atom is 0.310 e. The van der Waals surface area contributed by atoms with Crippen LogP contribution in [-0.2, 0) is 4.79 Å². The van der Waals surface area contributed by atoms with Crippen LogP contribution in [0.2, 0.25) is 0 Å². The fraction of sp³-hybridized carbons (Fsp3) is 0.300. The minimum Gasteiger partial charge on any atom is -0.481 e. The zero-order chi connectivity index (χ0) is 9.72. The van der Waals surface area contributed by atoms with Crippen LogP contribution in [-0.4, -0.2) is 11.1 Å². The highest BCUT2D eigenvalue weighted by molar-refractivity contribution is 5.74. The van der Waals surface area contributed by atoms with Crippen LogP contribution in [0.3, 0.4) is 0 Å². The highest BCUT2D eigenvalue weighted by atomic mass is 16.4. The van der Waals surface area contributed by atoms with Crippen molar-refractivity contribution in [2.24, 2.45) is 5.92 Å². The smallest absolute Gasteiger partial charge is 0.310 e. The third-order valence-electron chi connectivity index (χ3n) is 1.77. The molecule has 2 nitrogen and oxygen atoms in total. The first-order valence-electron chi connectivity index (χ1n) is 3.72. The third-order valence-corrected chi connectivity index (χ3v) is 1.77. The Labute approximate surface area is 72.9 Å². The van der Waals surface area contributed by atoms with Gasteiger partial charge >= 0.3 is 5.97 Å². The molecular weight excluding hydrogens is 152 g/mol. The second kappa shape index (κ2) is 4.54. The van der Waals surface area contributed by atoms with Gasteiger partial charge < -0.3 is 5.11 Å². The summed E-state index contributed by atoms with van der Waals surface area (Å²) in [7, 11) is 0. The summed E-state index contributed by atoms with van der Waals surface area (Å²) in [6.45, 7) is 10.7. The van der Waals surface area contributed by atoms with E-state index in [2.05, 4.69) is 13.2 Å². The van der Waals surface area contributed by atoms with Crippen molar-refractivity contribution >= 4 is 5.97 Å². The molecule has 0 saturated heterocycles. The summed E-state index contributed by atoms with van der Waals surface area (Å²) < 4.78 is 0. The fourth-order valence-electron chi connectivity index (χ4n) is 0.774. The van der Waals surface area contributed by atoms with Gasteiger partial charge in [-0.1, -0.05) is 25.3 Å². The lowest BCUT2D eigenvalue weighted by Crippen LogP contribution is -2.12. The summed E-state index contributed by atoms with van der Waals surface area (Å²) in [5, 5.41) is 8.66. The Hall–Kier alpha value is -1.31. The molecule has 0 aliphatic heterocycles. The molecule has 0 aliphatic carbocycles. The average Bonchev–Trinajstić information content (AvgIpc) is 2.02. The Kier molecular flexibility index (Phi) is 4.05. The summed E-state index contributed by atoms with van der Waals surface area (Å²) in [4.78, 5) is 10.5. The van der Waals surface area contributed by atoms with E-state index in [4.69, 9.17) is 5.11 Å². The van der Waals surface area contributed by atoms with E-state index < -0.39 is 11.9 Å². The molecule has 0 aliphatic rings. The lowest BCUT2D eigenvalue weighted by molar-refractivity contribution is -0.139. The molecule has 0 heterocycles. The largest absolute Gasteiger partial charge is 0.481 e. The van der Waals surface area contributed by atoms with Crippen LogP contribution in [0, 0.1) is 5.92 Å². The van der Waals surface area contributed by atoms with E-state index in [1.165, 1.54) is 0 Å². The molecule has 0 amide bonds. The van der Waals surface area contributed by atoms with Crippen molar-refractivity contribution in [2.75, 3.05) is 0 Å². The number of aliphatic carboxylic acids is 1. The van der Waals surface area contributed by atoms with Crippen molar-refractivity contribution in [3.05, 3.63) is 36.5 Å². The molecule has 66 valence electrons. The predicted octanol–water partition coefficient (Wildman–Crippen LogP) is 2.40. The zero-order valence-corrected chi connectivity index (χ0v) is 7.50. The molecule has 0 aromatic heterocycles. The number of rotatable bonds is 4. The average molecular weight is 166 g/mol. The summed E-state index contributed by atoms with van der Waals surface area (Å²) in [5.41, 5.74) is 1.49. The van der Waals surface area contributed by atoms with Crippen molar-refractivity contribution in [1.82, 2.24) is 0 Å². The normalized spacial score (nSPS) is 13.7. The summed E-state index contributed by atoms with van der Waals surface area (Å²) in [5.74, 6) is -1.38. The number of hydrogen-bond donors (Lipinski definition) is 1. The van der Waals surface area contributed by atoms with Crippen molar-refractivity contribution in [3.63, 3.8) is 0 Å². The molecule has 2 heteroatoms. The standard InChI is InChI=1S/C10H14O2/c1-5-6-7(2)8(3)9(4)10(11)12/h5-6,9H,1,3H2,2,4H3,(H,11,12)/b7-6+. The number of hydrogen-bond acceptors (Lipinski definition) is 1. The van der Waals surface area contributed by atoms with Crippen LogP contribution in [0.5, 0.6) is 0 Å². The SMILES string of the molecule is C=C/C=C(\C)C(=C)C(C)C(=O)O. The van der Waals surface area contributed by atoms with E-state index in [0.29, 0.717) is 5.57 Å². The van der Waals surface area contributed by atoms with Crippen molar-refractivity contribution in [3.8, 4) is 0 Å². The van der Waals surface area contributed by atoms with Crippen LogP contribution < -0.4 is 0 Å². The molecule has 1 unspecified atom stereocenters. The van der Waals surface area contributed by atoms with Gasteiger partial charge in [0.1, 0.15) is 0 Å². The van der Waals surface area contributed by atoms with E-state index in [1.807, 2.05) is 6.92 Å². The second-order valence-corrected chi connectivity index (χ2v) is 2.67. The summed E-state index contributed by atoms with van der Waals surface area (Å²) in [6.07, 6.45) is 3.37. The Morgan fingerprint density at radius 2 is 2.08 bits per heavy atom. The van der Waals surface area contributed by atoms with Gasteiger partial charge in [0, 0.05) is 0 Å². The topological polar surface area (TPSA) is 37.3 Å². The van der Waals surface area contributed by atoms with E-state index in [9.17, 15) is 4.79 Å². The Morgan fingerprint density at radius 1 is 1.58 bits per heavy atom. The fourth-order valence-corrected chi connectivity index (χ4v) is 0.774. The summed E-state index contributed by atoms with van der Waals surface area (Å²) >= 11 is 0. The van der Waals surface area contributed by atoms with Crippen LogP contribution in [0.1, 0.15) is 13.8 Å². The van der Waals surface area contributed by atoms with Gasteiger partial charge in [0.15, 0.2) is 0 Å². The molecule has 0 spiro atoms. The van der Waals surface area contributed by atoms with Crippen LogP contribution in [0.25, 0.3) is 0 Å². The molecule has 0 bridgehead atoms. The predicted molar refractivity (Wildman–Crippen MR) is 49.9 cm³/mol. The van der Waals surface area contributed by atoms with Crippen LogP contribution >= 0.6 is 0 Å². The molecule has 1 atom stereocenters. The van der Waals surface area contributed by atoms with Crippen molar-refractivity contribution in [2.45, 2.75) is 13.8 Å². The lowest BCUT2D eigenvalue weighted by atomic mass is 9.96.